The zero-order valence-electron chi connectivity index (χ0n) is 37.2. The number of hydrogen-bond donors (Lipinski definition) is 7. The van der Waals surface area contributed by atoms with Crippen LogP contribution in [-0.2, 0) is 49.3 Å². The zero-order valence-corrected chi connectivity index (χ0v) is 37.2. The van der Waals surface area contributed by atoms with Crippen molar-refractivity contribution in [2.24, 2.45) is 0 Å². The molecule has 63 heavy (non-hydrogen) atoms. The van der Waals surface area contributed by atoms with Crippen LogP contribution in [0.15, 0.2) is 24.3 Å². The molecule has 3 fully saturated rings. The summed E-state index contributed by atoms with van der Waals surface area (Å²) in [6, 6.07) is 6.43. The number of ketones is 1. The van der Waals surface area contributed by atoms with Crippen molar-refractivity contribution in [3.05, 3.63) is 29.8 Å². The van der Waals surface area contributed by atoms with Gasteiger partial charge in [-0.3, -0.25) is 29.0 Å². The average Bonchev–Trinajstić information content (AvgIpc) is 3.30. The zero-order chi connectivity index (χ0) is 46.2. The van der Waals surface area contributed by atoms with Crippen LogP contribution in [0.2, 0.25) is 0 Å². The lowest BCUT2D eigenvalue weighted by Gasteiger charge is -2.45. The molecule has 20 heteroatoms. The first-order valence-electron chi connectivity index (χ1n) is 22.0. The summed E-state index contributed by atoms with van der Waals surface area (Å²) in [5.41, 5.74) is 0.878. The molecule has 10 unspecified atom stereocenters. The standard InChI is InChI=1S/C43H70N4O16/c1-26(2)60-32-25-59-42(36(53)34(32)51)62-38-35(52)37(54)43(61-27(3)4)63-39(38)40(55)44-16-15-28-9-12-30(13-10-28)58-23-7-6-8-29(48)11-14-31(41(56)57)47-21-18-45(5)17-19-46(20-22-47)24-33(49)50/h9-10,12-13,26-27,31-32,34-39,42-43,51-54H,6-8,11,14-25H2,1-5H3,(H,44,55)(H,49,50)(H,56,57). The molecule has 3 aliphatic heterocycles. The second kappa shape index (κ2) is 25.9. The highest BCUT2D eigenvalue weighted by Crippen LogP contribution is 2.30. The summed E-state index contributed by atoms with van der Waals surface area (Å²) in [6.45, 7) is 10.4. The number of nitrogens with zero attached hydrogens (tertiary/aromatic N) is 3. The van der Waals surface area contributed by atoms with Crippen LogP contribution in [0.25, 0.3) is 0 Å². The molecule has 1 amide bonds. The van der Waals surface area contributed by atoms with Crippen LogP contribution in [0, 0.1) is 0 Å². The van der Waals surface area contributed by atoms with Crippen LogP contribution in [0.3, 0.4) is 0 Å². The van der Waals surface area contributed by atoms with E-state index in [2.05, 4.69) is 5.32 Å². The third-order valence-corrected chi connectivity index (χ3v) is 11.2. The van der Waals surface area contributed by atoms with Crippen molar-refractivity contribution in [3.63, 3.8) is 0 Å². The fraction of sp³-hybridized carbons (Fsp3) is 0.767. The number of carbonyl (C=O) groups excluding carboxylic acids is 2. The van der Waals surface area contributed by atoms with Gasteiger partial charge in [0.1, 0.15) is 54.2 Å². The monoisotopic (exact) mass is 898 g/mol. The van der Waals surface area contributed by atoms with Gasteiger partial charge in [0.25, 0.3) is 5.91 Å². The van der Waals surface area contributed by atoms with Gasteiger partial charge in [-0.2, -0.15) is 0 Å². The molecule has 20 nitrogen and oxygen atoms in total. The molecule has 10 atom stereocenters. The maximum atomic E-state index is 13.5. The van der Waals surface area contributed by atoms with E-state index in [1.54, 1.807) is 44.7 Å². The fourth-order valence-electron chi connectivity index (χ4n) is 7.65. The molecular formula is C43H70N4O16. The second-order valence-electron chi connectivity index (χ2n) is 17.0. The Kier molecular flexibility index (Phi) is 21.5. The van der Waals surface area contributed by atoms with Gasteiger partial charge in [-0.25, -0.2) is 0 Å². The molecule has 0 aromatic heterocycles. The first-order valence-corrected chi connectivity index (χ1v) is 22.0. The smallest absolute Gasteiger partial charge is 0.320 e. The second-order valence-corrected chi connectivity index (χ2v) is 17.0. The molecule has 4 rings (SSSR count). The van der Waals surface area contributed by atoms with Crippen molar-refractivity contribution in [2.45, 2.75) is 140 Å². The van der Waals surface area contributed by atoms with E-state index < -0.39 is 85.3 Å². The Morgan fingerprint density at radius 3 is 2.13 bits per heavy atom. The summed E-state index contributed by atoms with van der Waals surface area (Å²) in [7, 11) is 1.92. The van der Waals surface area contributed by atoms with Crippen molar-refractivity contribution in [3.8, 4) is 5.75 Å². The lowest BCUT2D eigenvalue weighted by atomic mass is 9.97. The third kappa shape index (κ3) is 16.8. The number of aliphatic hydroxyl groups is 4. The van der Waals surface area contributed by atoms with Gasteiger partial charge in [-0.1, -0.05) is 12.1 Å². The third-order valence-electron chi connectivity index (χ3n) is 11.2. The van der Waals surface area contributed by atoms with Crippen LogP contribution < -0.4 is 10.1 Å². The number of unbranched alkanes of at least 4 members (excludes halogenated alkanes) is 1. The van der Waals surface area contributed by atoms with Crippen molar-refractivity contribution >= 4 is 23.6 Å². The minimum Gasteiger partial charge on any atom is -0.494 e. The van der Waals surface area contributed by atoms with E-state index in [0.29, 0.717) is 77.3 Å². The van der Waals surface area contributed by atoms with Crippen LogP contribution in [0.4, 0.5) is 0 Å². The number of aliphatic carboxylic acids is 2. The number of rotatable bonds is 23. The molecule has 3 aliphatic rings. The molecule has 0 aliphatic carbocycles. The van der Waals surface area contributed by atoms with Gasteiger partial charge in [0, 0.05) is 58.7 Å². The lowest BCUT2D eigenvalue weighted by Crippen LogP contribution is -2.65. The maximum absolute atomic E-state index is 13.5. The number of carbonyl (C=O) groups is 4. The molecule has 3 heterocycles. The highest BCUT2D eigenvalue weighted by atomic mass is 16.7. The fourth-order valence-corrected chi connectivity index (χ4v) is 7.65. The molecule has 0 bridgehead atoms. The maximum Gasteiger partial charge on any atom is 0.320 e. The van der Waals surface area contributed by atoms with Gasteiger partial charge in [0.05, 0.1) is 32.0 Å². The minimum atomic E-state index is -1.69. The van der Waals surface area contributed by atoms with Crippen molar-refractivity contribution < 1.29 is 78.2 Å². The van der Waals surface area contributed by atoms with Gasteiger partial charge in [0.15, 0.2) is 18.7 Å². The molecule has 0 radical (unpaired) electrons. The van der Waals surface area contributed by atoms with Crippen molar-refractivity contribution in [2.75, 3.05) is 72.6 Å². The number of nitrogens with one attached hydrogen (secondary N) is 1. The molecule has 0 spiro atoms. The Morgan fingerprint density at radius 1 is 0.810 bits per heavy atom. The minimum absolute atomic E-state index is 0.0234. The normalized spacial score (nSPS) is 28.5. The molecule has 7 N–H and O–H groups in total. The van der Waals surface area contributed by atoms with Gasteiger partial charge in [0.2, 0.25) is 0 Å². The Hall–Kier alpha value is -3.38. The first-order chi connectivity index (χ1) is 29.9. The predicted octanol–water partition coefficient (Wildman–Crippen LogP) is -0.540. The summed E-state index contributed by atoms with van der Waals surface area (Å²) in [5.74, 6) is -2.00. The molecular weight excluding hydrogens is 828 g/mol. The number of ether oxygens (including phenoxy) is 6. The van der Waals surface area contributed by atoms with E-state index in [-0.39, 0.29) is 44.4 Å². The van der Waals surface area contributed by atoms with Crippen LogP contribution in [-0.4, -0.2) is 215 Å². The van der Waals surface area contributed by atoms with Crippen LogP contribution in [0.5, 0.6) is 5.75 Å². The SMILES string of the molecule is CC(C)OC1COC(OC2C(C(=O)NCCc3ccc(OCCCCC(=O)CCC(C(=O)O)N4CCN(C)CCN(CC(=O)O)CC4)cc3)OC(OC(C)C)C(O)C2O)C(O)C1O. The predicted molar refractivity (Wildman–Crippen MR) is 225 cm³/mol. The van der Waals surface area contributed by atoms with Gasteiger partial charge >= 0.3 is 11.9 Å². The number of aliphatic hydroxyl groups excluding tert-OH is 4. The number of carboxylic acids is 2. The average molecular weight is 899 g/mol. The summed E-state index contributed by atoms with van der Waals surface area (Å²) in [5, 5.41) is 65.3. The van der Waals surface area contributed by atoms with Gasteiger partial charge in [-0.05, 0) is 78.1 Å². The highest BCUT2D eigenvalue weighted by molar-refractivity contribution is 5.82. The van der Waals surface area contributed by atoms with Crippen molar-refractivity contribution in [1.82, 2.24) is 20.0 Å². The van der Waals surface area contributed by atoms with E-state index in [1.807, 2.05) is 29.0 Å². The number of amides is 1. The number of benzene rings is 1. The summed E-state index contributed by atoms with van der Waals surface area (Å²) in [6.07, 6.45) is -11.4. The number of carboxylic acid groups (broad SMARTS) is 2. The molecule has 1 aromatic rings. The highest BCUT2D eigenvalue weighted by Gasteiger charge is 2.52. The van der Waals surface area contributed by atoms with E-state index in [1.165, 1.54) is 0 Å². The number of Topliss-reactive ketones (excluding diaryl/α,β-unsaturated/α-hetero) is 1. The lowest BCUT2D eigenvalue weighted by molar-refractivity contribution is -0.346. The summed E-state index contributed by atoms with van der Waals surface area (Å²) >= 11 is 0. The Morgan fingerprint density at radius 2 is 1.46 bits per heavy atom. The largest absolute Gasteiger partial charge is 0.494 e. The van der Waals surface area contributed by atoms with E-state index >= 15 is 0 Å². The Bertz CT molecular complexity index is 1570. The molecule has 1 aromatic carbocycles. The first kappa shape index (κ1) is 52.2. The van der Waals surface area contributed by atoms with E-state index in [0.717, 1.165) is 5.56 Å². The van der Waals surface area contributed by atoms with Crippen LogP contribution in [0.1, 0.15) is 65.4 Å². The Balaban J connectivity index is 1.20. The molecule has 358 valence electrons. The van der Waals surface area contributed by atoms with Gasteiger partial charge in [-0.15, -0.1) is 0 Å². The summed E-state index contributed by atoms with van der Waals surface area (Å²) in [4.78, 5) is 55.5. The molecule has 3 saturated heterocycles. The van der Waals surface area contributed by atoms with Crippen LogP contribution >= 0.6 is 0 Å². The van der Waals surface area contributed by atoms with Gasteiger partial charge < -0.3 is 69.3 Å². The van der Waals surface area contributed by atoms with Crippen molar-refractivity contribution in [1.29, 1.82) is 0 Å². The van der Waals surface area contributed by atoms with E-state index in [9.17, 15) is 49.8 Å². The Labute approximate surface area is 369 Å². The summed E-state index contributed by atoms with van der Waals surface area (Å²) < 4.78 is 34.4. The topological polar surface area (TPSA) is 267 Å². The molecule has 0 saturated carbocycles. The quantitative estimate of drug-likeness (QED) is 0.0680. The number of hydrogen-bond acceptors (Lipinski definition) is 17. The number of likely N-dealkylation sites (N-methyl/N-ethyl adjacent to an activating group) is 1. The van der Waals surface area contributed by atoms with E-state index in [4.69, 9.17) is 28.4 Å².